The van der Waals surface area contributed by atoms with E-state index in [1.165, 1.54) is 0 Å². The molecule has 3 aromatic carbocycles. The molecule has 37 heavy (non-hydrogen) atoms. The van der Waals surface area contributed by atoms with Crippen LogP contribution in [0.2, 0.25) is 0 Å². The van der Waals surface area contributed by atoms with Gasteiger partial charge in [0.25, 0.3) is 0 Å². The van der Waals surface area contributed by atoms with Crippen molar-refractivity contribution in [3.63, 3.8) is 0 Å². The topological polar surface area (TPSA) is 88.7 Å². The molecule has 1 unspecified atom stereocenters. The molecular formula is C30H31N3O4. The fourth-order valence-corrected chi connectivity index (χ4v) is 3.72. The van der Waals surface area contributed by atoms with Crippen molar-refractivity contribution in [1.29, 1.82) is 0 Å². The normalized spacial score (nSPS) is 13.5. The molecule has 0 fully saturated rings. The number of carbonyl (C=O) groups excluding carboxylic acids is 2. The first-order chi connectivity index (χ1) is 18.2. The number of allylic oxidation sites excluding steroid dienone is 2. The number of amides is 2. The lowest BCUT2D eigenvalue weighted by atomic mass is 10.2. The fourth-order valence-electron chi connectivity index (χ4n) is 3.72. The molecule has 1 aliphatic rings. The Kier molecular flexibility index (Phi) is 9.49. The zero-order chi connectivity index (χ0) is 25.7. The van der Waals surface area contributed by atoms with E-state index in [4.69, 9.17) is 9.47 Å². The standard InChI is InChI=1S/C30H31N3O4/c34-29(20-25-12-6-3-9-19-31-25)33-28(22-36-21-23-10-4-1-5-11-23)30(35)32-24-15-17-27(18-16-24)37-26-13-7-2-8-14-26/h1-2,4-5,7-19,28,31H,3,6,20-22H2,(H,32,35)(H,33,34). The van der Waals surface area contributed by atoms with Gasteiger partial charge in [0, 0.05) is 11.4 Å². The molecule has 3 aromatic rings. The minimum atomic E-state index is -0.863. The largest absolute Gasteiger partial charge is 0.457 e. The summed E-state index contributed by atoms with van der Waals surface area (Å²) in [6.07, 6.45) is 7.79. The molecule has 0 radical (unpaired) electrons. The molecule has 0 spiro atoms. The summed E-state index contributed by atoms with van der Waals surface area (Å²) >= 11 is 0. The number of anilines is 1. The summed E-state index contributed by atoms with van der Waals surface area (Å²) in [7, 11) is 0. The highest BCUT2D eigenvalue weighted by Crippen LogP contribution is 2.22. The summed E-state index contributed by atoms with van der Waals surface area (Å²) < 4.78 is 11.6. The van der Waals surface area contributed by atoms with E-state index in [9.17, 15) is 9.59 Å². The van der Waals surface area contributed by atoms with Gasteiger partial charge in [-0.15, -0.1) is 0 Å². The highest BCUT2D eigenvalue weighted by Gasteiger charge is 2.22. The van der Waals surface area contributed by atoms with Crippen LogP contribution in [0.15, 0.2) is 109 Å². The van der Waals surface area contributed by atoms with Crippen LogP contribution < -0.4 is 20.7 Å². The molecule has 7 heteroatoms. The molecule has 0 saturated heterocycles. The molecule has 0 saturated carbocycles. The Labute approximate surface area is 217 Å². The Morgan fingerprint density at radius 1 is 0.865 bits per heavy atom. The maximum absolute atomic E-state index is 13.1. The molecule has 1 atom stereocenters. The van der Waals surface area contributed by atoms with E-state index in [-0.39, 0.29) is 24.8 Å². The van der Waals surface area contributed by atoms with Gasteiger partial charge in [-0.3, -0.25) is 9.59 Å². The van der Waals surface area contributed by atoms with E-state index in [1.807, 2.05) is 79.0 Å². The lowest BCUT2D eigenvalue weighted by Crippen LogP contribution is -2.47. The third kappa shape index (κ3) is 8.66. The summed E-state index contributed by atoms with van der Waals surface area (Å²) in [5, 5.41) is 8.82. The smallest absolute Gasteiger partial charge is 0.249 e. The first kappa shape index (κ1) is 25.7. The number of nitrogens with one attached hydrogen (secondary N) is 3. The zero-order valence-electron chi connectivity index (χ0n) is 20.6. The van der Waals surface area contributed by atoms with Gasteiger partial charge in [0.05, 0.1) is 19.6 Å². The first-order valence-electron chi connectivity index (χ1n) is 12.3. The molecule has 1 aliphatic heterocycles. The van der Waals surface area contributed by atoms with E-state index in [0.717, 1.165) is 29.9 Å². The molecule has 3 N–H and O–H groups in total. The number of ether oxygens (including phenoxy) is 2. The van der Waals surface area contributed by atoms with Gasteiger partial charge in [0.1, 0.15) is 17.5 Å². The van der Waals surface area contributed by atoms with Crippen LogP contribution in [0.25, 0.3) is 0 Å². The van der Waals surface area contributed by atoms with Crippen molar-refractivity contribution >= 4 is 17.5 Å². The third-order valence-corrected chi connectivity index (χ3v) is 5.61. The number of benzene rings is 3. The second-order valence-corrected chi connectivity index (χ2v) is 8.58. The lowest BCUT2D eigenvalue weighted by molar-refractivity contribution is -0.127. The second kappa shape index (κ2) is 13.7. The Hall–Kier alpha value is -4.36. The van der Waals surface area contributed by atoms with Crippen LogP contribution >= 0.6 is 0 Å². The number of rotatable bonds is 11. The summed E-state index contributed by atoms with van der Waals surface area (Å²) in [5.74, 6) is 0.759. The van der Waals surface area contributed by atoms with Crippen molar-refractivity contribution in [2.24, 2.45) is 0 Å². The van der Waals surface area contributed by atoms with E-state index in [1.54, 1.807) is 24.3 Å². The van der Waals surface area contributed by atoms with Crippen molar-refractivity contribution in [2.45, 2.75) is 31.9 Å². The first-order valence-corrected chi connectivity index (χ1v) is 12.3. The highest BCUT2D eigenvalue weighted by molar-refractivity contribution is 5.97. The minimum Gasteiger partial charge on any atom is -0.457 e. The van der Waals surface area contributed by atoms with Crippen molar-refractivity contribution in [1.82, 2.24) is 10.6 Å². The predicted molar refractivity (Wildman–Crippen MR) is 144 cm³/mol. The third-order valence-electron chi connectivity index (χ3n) is 5.61. The Morgan fingerprint density at radius 2 is 1.57 bits per heavy atom. The fraction of sp³-hybridized carbons (Fsp3) is 0.200. The van der Waals surface area contributed by atoms with Gasteiger partial charge in [-0.1, -0.05) is 60.7 Å². The van der Waals surface area contributed by atoms with Crippen molar-refractivity contribution in [3.05, 3.63) is 115 Å². The summed E-state index contributed by atoms with van der Waals surface area (Å²) in [4.78, 5) is 25.9. The van der Waals surface area contributed by atoms with Crippen molar-refractivity contribution in [3.8, 4) is 11.5 Å². The average molecular weight is 498 g/mol. The van der Waals surface area contributed by atoms with Crippen LogP contribution in [0.4, 0.5) is 5.69 Å². The van der Waals surface area contributed by atoms with Crippen molar-refractivity contribution < 1.29 is 19.1 Å². The Balaban J connectivity index is 1.37. The molecule has 0 bridgehead atoms. The van der Waals surface area contributed by atoms with Gasteiger partial charge >= 0.3 is 0 Å². The van der Waals surface area contributed by atoms with Crippen LogP contribution in [-0.2, 0) is 20.9 Å². The summed E-state index contributed by atoms with van der Waals surface area (Å²) in [5.41, 5.74) is 2.39. The van der Waals surface area contributed by atoms with Crippen LogP contribution in [-0.4, -0.2) is 24.5 Å². The van der Waals surface area contributed by atoms with Gasteiger partial charge in [-0.05, 0) is 61.0 Å². The Bertz CT molecular complexity index is 1210. The van der Waals surface area contributed by atoms with E-state index >= 15 is 0 Å². The van der Waals surface area contributed by atoms with Crippen LogP contribution in [0.3, 0.4) is 0 Å². The van der Waals surface area contributed by atoms with Crippen LogP contribution in [0, 0.1) is 0 Å². The monoisotopic (exact) mass is 497 g/mol. The highest BCUT2D eigenvalue weighted by atomic mass is 16.5. The number of hydrogen-bond donors (Lipinski definition) is 3. The van der Waals surface area contributed by atoms with Gasteiger partial charge in [-0.25, -0.2) is 0 Å². The van der Waals surface area contributed by atoms with Crippen molar-refractivity contribution in [2.75, 3.05) is 11.9 Å². The average Bonchev–Trinajstić information content (AvgIpc) is 3.19. The van der Waals surface area contributed by atoms with Gasteiger partial charge in [-0.2, -0.15) is 0 Å². The number of carbonyl (C=O) groups is 2. The zero-order valence-corrected chi connectivity index (χ0v) is 20.6. The van der Waals surface area contributed by atoms with Gasteiger partial charge in [0.15, 0.2) is 0 Å². The lowest BCUT2D eigenvalue weighted by Gasteiger charge is -2.19. The van der Waals surface area contributed by atoms with Gasteiger partial charge < -0.3 is 25.4 Å². The maximum atomic E-state index is 13.1. The SMILES string of the molecule is O=C(CC1=CCCC=CN1)NC(COCc1ccccc1)C(=O)Nc1ccc(Oc2ccccc2)cc1. The molecule has 190 valence electrons. The molecule has 4 rings (SSSR count). The molecule has 7 nitrogen and oxygen atoms in total. The summed E-state index contributed by atoms with van der Waals surface area (Å²) in [6.45, 7) is 0.373. The van der Waals surface area contributed by atoms with Crippen LogP contribution in [0.1, 0.15) is 24.8 Å². The minimum absolute atomic E-state index is 0.0358. The van der Waals surface area contributed by atoms with E-state index in [0.29, 0.717) is 18.0 Å². The molecular weight excluding hydrogens is 466 g/mol. The number of hydrogen-bond acceptors (Lipinski definition) is 5. The quantitative estimate of drug-likeness (QED) is 0.335. The maximum Gasteiger partial charge on any atom is 0.249 e. The summed E-state index contributed by atoms with van der Waals surface area (Å²) in [6, 6.07) is 25.4. The molecule has 1 heterocycles. The molecule has 0 aliphatic carbocycles. The molecule has 0 aromatic heterocycles. The van der Waals surface area contributed by atoms with Crippen LogP contribution in [0.5, 0.6) is 11.5 Å². The Morgan fingerprint density at radius 3 is 2.32 bits per heavy atom. The van der Waals surface area contributed by atoms with E-state index < -0.39 is 6.04 Å². The molecule has 2 amide bonds. The second-order valence-electron chi connectivity index (χ2n) is 8.58. The number of para-hydroxylation sites is 1. The predicted octanol–water partition coefficient (Wildman–Crippen LogP) is 5.29. The van der Waals surface area contributed by atoms with Gasteiger partial charge in [0.2, 0.25) is 11.8 Å². The van der Waals surface area contributed by atoms with E-state index in [2.05, 4.69) is 16.0 Å².